The second-order valence-electron chi connectivity index (χ2n) is 10.8. The summed E-state index contributed by atoms with van der Waals surface area (Å²) in [4.78, 5) is 0. The molecular formula is C29H48O4S2. The van der Waals surface area contributed by atoms with Crippen molar-refractivity contribution < 1.29 is 18.9 Å². The molecule has 3 aliphatic heterocycles. The standard InChI is InChI=1S/C29H48O4S2/c1-20(18-22(3)28-34-16-11-17-35-28)12-9-8-10-13-21(2)27(30-7)19-26-15-14-23(4)29(33-26)31-24(5)25(6)32-29/h8-10,12-13,20,22-28H,11,14-19H2,1-7H3/b10-8+,12-9+,21-13+/t20-,22-,23-,24-,25-,26+,27+/m1/s1. The molecule has 0 aromatic rings. The van der Waals surface area contributed by atoms with Crippen LogP contribution in [-0.4, -0.2) is 53.6 Å². The summed E-state index contributed by atoms with van der Waals surface area (Å²) in [5, 5.41) is 0. The average molecular weight is 525 g/mol. The number of allylic oxidation sites excluding steroid dienone is 5. The Morgan fingerprint density at radius 2 is 1.69 bits per heavy atom. The van der Waals surface area contributed by atoms with E-state index < -0.39 is 5.97 Å². The second kappa shape index (κ2) is 14.1. The van der Waals surface area contributed by atoms with Crippen LogP contribution in [-0.2, 0) is 18.9 Å². The van der Waals surface area contributed by atoms with Crippen molar-refractivity contribution in [3.63, 3.8) is 0 Å². The van der Waals surface area contributed by atoms with E-state index in [-0.39, 0.29) is 30.3 Å². The van der Waals surface area contributed by atoms with Gasteiger partial charge in [-0.25, -0.2) is 0 Å². The van der Waals surface area contributed by atoms with Crippen LogP contribution < -0.4 is 0 Å². The molecule has 35 heavy (non-hydrogen) atoms. The van der Waals surface area contributed by atoms with Crippen LogP contribution in [0.2, 0.25) is 0 Å². The Labute approximate surface area is 223 Å². The zero-order chi connectivity index (χ0) is 25.4. The van der Waals surface area contributed by atoms with Gasteiger partial charge in [-0.05, 0) is 75.4 Å². The van der Waals surface area contributed by atoms with Gasteiger partial charge in [0.2, 0.25) is 0 Å². The van der Waals surface area contributed by atoms with Crippen LogP contribution in [0, 0.1) is 17.8 Å². The number of methoxy groups -OCH3 is 1. The highest BCUT2D eigenvalue weighted by Crippen LogP contribution is 2.44. The lowest BCUT2D eigenvalue weighted by molar-refractivity contribution is -0.396. The molecule has 0 N–H and O–H groups in total. The van der Waals surface area contributed by atoms with E-state index in [0.717, 1.165) is 29.8 Å². The molecule has 0 aromatic heterocycles. The van der Waals surface area contributed by atoms with Gasteiger partial charge >= 0.3 is 0 Å². The average Bonchev–Trinajstić information content (AvgIpc) is 3.13. The van der Waals surface area contributed by atoms with E-state index in [4.69, 9.17) is 18.9 Å². The zero-order valence-corrected chi connectivity index (χ0v) is 24.5. The van der Waals surface area contributed by atoms with E-state index in [1.807, 2.05) is 0 Å². The Kier molecular flexibility index (Phi) is 11.8. The van der Waals surface area contributed by atoms with Crippen LogP contribution in [0.3, 0.4) is 0 Å². The SMILES string of the molecule is CO[C@@H](C[C@@H]1CC[C@@H](C)C2(O1)O[C@H](C)[C@@H](C)O2)/C(C)=C/C=C/C=C/[C@@H](C)C[C@@H](C)C1SCCCS1. The molecule has 0 saturated carbocycles. The molecule has 0 unspecified atom stereocenters. The number of hydrogen-bond donors (Lipinski definition) is 0. The van der Waals surface area contributed by atoms with Crippen molar-refractivity contribution in [3.8, 4) is 0 Å². The summed E-state index contributed by atoms with van der Waals surface area (Å²) in [6.07, 6.45) is 16.6. The third-order valence-electron chi connectivity index (χ3n) is 7.57. The van der Waals surface area contributed by atoms with Crippen molar-refractivity contribution in [1.82, 2.24) is 0 Å². The molecule has 3 heterocycles. The quantitative estimate of drug-likeness (QED) is 0.274. The van der Waals surface area contributed by atoms with Crippen LogP contribution in [0.5, 0.6) is 0 Å². The molecular weight excluding hydrogens is 476 g/mol. The number of hydrogen-bond acceptors (Lipinski definition) is 6. The molecule has 1 spiro atoms. The highest BCUT2D eigenvalue weighted by atomic mass is 32.2. The minimum atomic E-state index is -0.898. The number of rotatable bonds is 10. The normalized spacial score (nSPS) is 33.1. The van der Waals surface area contributed by atoms with Crippen molar-refractivity contribution >= 4 is 23.5 Å². The van der Waals surface area contributed by atoms with E-state index >= 15 is 0 Å². The lowest BCUT2D eigenvalue weighted by atomic mass is 9.92. The molecule has 6 heteroatoms. The lowest BCUT2D eigenvalue weighted by Gasteiger charge is -2.42. The van der Waals surface area contributed by atoms with Gasteiger partial charge in [-0.3, -0.25) is 0 Å². The van der Waals surface area contributed by atoms with Crippen LogP contribution in [0.1, 0.15) is 73.6 Å². The summed E-state index contributed by atoms with van der Waals surface area (Å²) in [7, 11) is 1.78. The molecule has 3 saturated heterocycles. The van der Waals surface area contributed by atoms with Gasteiger partial charge in [0.25, 0.3) is 5.97 Å². The molecule has 200 valence electrons. The fourth-order valence-corrected chi connectivity index (χ4v) is 8.27. The van der Waals surface area contributed by atoms with Crippen LogP contribution in [0.15, 0.2) is 36.0 Å². The van der Waals surface area contributed by atoms with Crippen molar-refractivity contribution in [2.75, 3.05) is 18.6 Å². The molecule has 3 aliphatic rings. The molecule has 3 fully saturated rings. The molecule has 0 aliphatic carbocycles. The molecule has 3 rings (SSSR count). The Morgan fingerprint density at radius 1 is 1.00 bits per heavy atom. The van der Waals surface area contributed by atoms with Gasteiger partial charge in [0.15, 0.2) is 0 Å². The van der Waals surface area contributed by atoms with Crippen molar-refractivity contribution in [2.24, 2.45) is 17.8 Å². The van der Waals surface area contributed by atoms with E-state index in [9.17, 15) is 0 Å². The first-order valence-corrected chi connectivity index (χ1v) is 15.6. The van der Waals surface area contributed by atoms with Crippen molar-refractivity contribution in [2.45, 2.75) is 109 Å². The van der Waals surface area contributed by atoms with E-state index in [1.54, 1.807) is 7.11 Å². The summed E-state index contributed by atoms with van der Waals surface area (Å²) in [5.41, 5.74) is 1.21. The lowest BCUT2D eigenvalue weighted by Crippen LogP contribution is -2.49. The van der Waals surface area contributed by atoms with Crippen LogP contribution in [0.4, 0.5) is 0 Å². The van der Waals surface area contributed by atoms with Crippen LogP contribution >= 0.6 is 23.5 Å². The minimum absolute atomic E-state index is 0.0144. The van der Waals surface area contributed by atoms with Gasteiger partial charge < -0.3 is 18.9 Å². The highest BCUT2D eigenvalue weighted by Gasteiger charge is 2.53. The maximum absolute atomic E-state index is 6.43. The predicted octanol–water partition coefficient (Wildman–Crippen LogP) is 7.60. The van der Waals surface area contributed by atoms with E-state index in [2.05, 4.69) is 95.4 Å². The summed E-state index contributed by atoms with van der Waals surface area (Å²) in [6, 6.07) is 0. The van der Waals surface area contributed by atoms with Crippen molar-refractivity contribution in [3.05, 3.63) is 36.0 Å². The van der Waals surface area contributed by atoms with Gasteiger partial charge in [0.05, 0.1) is 29.0 Å². The largest absolute Gasteiger partial charge is 0.377 e. The Bertz CT molecular complexity index is 720. The Balaban J connectivity index is 1.46. The molecule has 0 amide bonds. The van der Waals surface area contributed by atoms with E-state index in [0.29, 0.717) is 5.92 Å². The fraction of sp³-hybridized carbons (Fsp3) is 0.793. The molecule has 7 atom stereocenters. The first-order valence-electron chi connectivity index (χ1n) is 13.5. The Morgan fingerprint density at radius 3 is 2.34 bits per heavy atom. The zero-order valence-electron chi connectivity index (χ0n) is 22.9. The molecule has 0 aromatic carbocycles. The topological polar surface area (TPSA) is 36.9 Å². The minimum Gasteiger partial charge on any atom is -0.377 e. The smallest absolute Gasteiger partial charge is 0.286 e. The second-order valence-corrected chi connectivity index (χ2v) is 13.6. The molecule has 0 bridgehead atoms. The third-order valence-corrected chi connectivity index (χ3v) is 11.0. The number of ether oxygens (including phenoxy) is 4. The molecule has 0 radical (unpaired) electrons. The van der Waals surface area contributed by atoms with Gasteiger partial charge in [0.1, 0.15) is 0 Å². The van der Waals surface area contributed by atoms with Crippen molar-refractivity contribution in [1.29, 1.82) is 0 Å². The van der Waals surface area contributed by atoms with E-state index in [1.165, 1.54) is 29.9 Å². The van der Waals surface area contributed by atoms with Crippen LogP contribution in [0.25, 0.3) is 0 Å². The fourth-order valence-electron chi connectivity index (χ4n) is 5.16. The predicted molar refractivity (Wildman–Crippen MR) is 151 cm³/mol. The summed E-state index contributed by atoms with van der Waals surface area (Å²) >= 11 is 4.31. The number of thioether (sulfide) groups is 2. The Hall–Kier alpha value is -0.240. The first-order chi connectivity index (χ1) is 16.7. The van der Waals surface area contributed by atoms with Gasteiger partial charge in [-0.2, -0.15) is 0 Å². The summed E-state index contributed by atoms with van der Waals surface area (Å²) in [6.45, 7) is 13.2. The maximum Gasteiger partial charge on any atom is 0.286 e. The summed E-state index contributed by atoms with van der Waals surface area (Å²) < 4.78 is 25.4. The third kappa shape index (κ3) is 8.38. The van der Waals surface area contributed by atoms with Gasteiger partial charge in [-0.15, -0.1) is 23.5 Å². The highest BCUT2D eigenvalue weighted by molar-refractivity contribution is 8.17. The monoisotopic (exact) mass is 524 g/mol. The summed E-state index contributed by atoms with van der Waals surface area (Å²) in [5.74, 6) is 3.34. The maximum atomic E-state index is 6.43. The van der Waals surface area contributed by atoms with Gasteiger partial charge in [-0.1, -0.05) is 51.2 Å². The molecule has 4 nitrogen and oxygen atoms in total. The first kappa shape index (κ1) is 29.3. The van der Waals surface area contributed by atoms with Gasteiger partial charge in [0, 0.05) is 19.4 Å².